The van der Waals surface area contributed by atoms with E-state index in [1.54, 1.807) is 26.1 Å². The number of ether oxygens (including phenoxy) is 2. The fourth-order valence-electron chi connectivity index (χ4n) is 3.05. The summed E-state index contributed by atoms with van der Waals surface area (Å²) in [4.78, 5) is 5.43. The van der Waals surface area contributed by atoms with E-state index >= 15 is 0 Å². The minimum Gasteiger partial charge on any atom is -0.490 e. The lowest BCUT2D eigenvalue weighted by Gasteiger charge is -2.20. The first kappa shape index (κ1) is 23.0. The van der Waals surface area contributed by atoms with Crippen molar-refractivity contribution in [1.82, 2.24) is 15.5 Å². The van der Waals surface area contributed by atoms with Crippen LogP contribution in [0.5, 0.6) is 11.5 Å². The van der Waals surface area contributed by atoms with E-state index in [1.807, 2.05) is 0 Å². The number of hydrogen-bond donors (Lipinski definition) is 2. The highest BCUT2D eigenvalue weighted by atomic mass is 19.4. The Morgan fingerprint density at radius 3 is 2.69 bits per heavy atom. The summed E-state index contributed by atoms with van der Waals surface area (Å²) in [5, 5.41) is 6.16. The van der Waals surface area contributed by atoms with Crippen molar-refractivity contribution in [2.75, 3.05) is 33.3 Å². The molecule has 164 valence electrons. The highest BCUT2D eigenvalue weighted by Crippen LogP contribution is 2.30. The van der Waals surface area contributed by atoms with Crippen molar-refractivity contribution in [1.29, 1.82) is 0 Å². The highest BCUT2D eigenvalue weighted by molar-refractivity contribution is 5.80. The van der Waals surface area contributed by atoms with E-state index in [2.05, 4.69) is 20.4 Å². The van der Waals surface area contributed by atoms with Gasteiger partial charge >= 0.3 is 12.8 Å². The summed E-state index contributed by atoms with van der Waals surface area (Å²) in [7, 11) is 1.56. The molecular weight excluding hydrogens is 399 g/mol. The van der Waals surface area contributed by atoms with Gasteiger partial charge in [0.2, 0.25) is 0 Å². The summed E-state index contributed by atoms with van der Waals surface area (Å²) < 4.78 is 72.2. The SMILES string of the molecule is CCOc1cc(CNC(=NC)NC2CCN(CC(F)(F)F)C2)ccc1OC(F)F. The van der Waals surface area contributed by atoms with Gasteiger partial charge in [-0.25, -0.2) is 0 Å². The Bertz CT molecular complexity index is 685. The van der Waals surface area contributed by atoms with E-state index in [4.69, 9.17) is 4.74 Å². The molecule has 6 nitrogen and oxygen atoms in total. The van der Waals surface area contributed by atoms with E-state index in [1.165, 1.54) is 11.0 Å². The van der Waals surface area contributed by atoms with Gasteiger partial charge in [0.15, 0.2) is 17.5 Å². The molecule has 0 saturated carbocycles. The molecule has 1 heterocycles. The quantitative estimate of drug-likeness (QED) is 0.382. The number of alkyl halides is 5. The Hall–Kier alpha value is -2.30. The standard InChI is InChI=1S/C18H25F5N4O2/c1-3-28-15-8-12(4-5-14(15)29-16(19)20)9-25-17(24-2)26-13-6-7-27(10-13)11-18(21,22)23/h4-5,8,13,16H,3,6-7,9-11H2,1-2H3,(H2,24,25,26). The van der Waals surface area contributed by atoms with Crippen molar-refractivity contribution in [3.05, 3.63) is 23.8 Å². The third-order valence-corrected chi connectivity index (χ3v) is 4.22. The normalized spacial score (nSPS) is 18.2. The topological polar surface area (TPSA) is 58.1 Å². The van der Waals surface area contributed by atoms with Crippen molar-refractivity contribution >= 4 is 5.96 Å². The Kier molecular flexibility index (Phi) is 8.30. The van der Waals surface area contributed by atoms with Gasteiger partial charge in [0, 0.05) is 32.7 Å². The zero-order valence-corrected chi connectivity index (χ0v) is 16.2. The first-order valence-electron chi connectivity index (χ1n) is 9.17. The predicted molar refractivity (Wildman–Crippen MR) is 98.5 cm³/mol. The van der Waals surface area contributed by atoms with Crippen molar-refractivity contribution < 1.29 is 31.4 Å². The van der Waals surface area contributed by atoms with Crippen LogP contribution in [0.1, 0.15) is 18.9 Å². The Labute approximate surface area is 166 Å². The van der Waals surface area contributed by atoms with Crippen molar-refractivity contribution in [3.8, 4) is 11.5 Å². The molecule has 0 radical (unpaired) electrons. The minimum atomic E-state index is -4.22. The van der Waals surface area contributed by atoms with Gasteiger partial charge < -0.3 is 20.1 Å². The number of halogens is 5. The van der Waals surface area contributed by atoms with Crippen LogP contribution < -0.4 is 20.1 Å². The van der Waals surface area contributed by atoms with Gasteiger partial charge in [-0.3, -0.25) is 9.89 Å². The van der Waals surface area contributed by atoms with Crippen LogP contribution in [0.2, 0.25) is 0 Å². The molecule has 0 spiro atoms. The van der Waals surface area contributed by atoms with E-state index in [0.717, 1.165) is 5.56 Å². The van der Waals surface area contributed by atoms with Crippen LogP contribution in [0.3, 0.4) is 0 Å². The molecular formula is C18H25F5N4O2. The van der Waals surface area contributed by atoms with E-state index in [0.29, 0.717) is 25.5 Å². The van der Waals surface area contributed by atoms with Crippen LogP contribution in [0.4, 0.5) is 22.0 Å². The van der Waals surface area contributed by atoms with Gasteiger partial charge in [-0.2, -0.15) is 22.0 Å². The summed E-state index contributed by atoms with van der Waals surface area (Å²) in [5.41, 5.74) is 0.739. The first-order valence-corrected chi connectivity index (χ1v) is 9.17. The molecule has 11 heteroatoms. The molecule has 1 aromatic carbocycles. The van der Waals surface area contributed by atoms with Gasteiger partial charge in [-0.05, 0) is 31.0 Å². The van der Waals surface area contributed by atoms with Crippen LogP contribution in [0, 0.1) is 0 Å². The first-order chi connectivity index (χ1) is 13.7. The predicted octanol–water partition coefficient (Wildman–Crippen LogP) is 2.99. The average molecular weight is 424 g/mol. The maximum absolute atomic E-state index is 12.5. The number of rotatable bonds is 8. The summed E-state index contributed by atoms with van der Waals surface area (Å²) >= 11 is 0. The largest absolute Gasteiger partial charge is 0.490 e. The van der Waals surface area contributed by atoms with Crippen LogP contribution in [-0.2, 0) is 6.54 Å². The zero-order chi connectivity index (χ0) is 21.4. The van der Waals surface area contributed by atoms with Gasteiger partial charge in [0.1, 0.15) is 0 Å². The molecule has 1 atom stereocenters. The Balaban J connectivity index is 1.90. The number of hydrogen-bond acceptors (Lipinski definition) is 4. The molecule has 0 amide bonds. The van der Waals surface area contributed by atoms with Crippen LogP contribution in [0.25, 0.3) is 0 Å². The number of nitrogens with one attached hydrogen (secondary N) is 2. The Morgan fingerprint density at radius 2 is 2.07 bits per heavy atom. The second-order valence-corrected chi connectivity index (χ2v) is 6.50. The molecule has 2 rings (SSSR count). The number of likely N-dealkylation sites (tertiary alicyclic amines) is 1. The molecule has 1 unspecified atom stereocenters. The smallest absolute Gasteiger partial charge is 0.401 e. The van der Waals surface area contributed by atoms with Gasteiger partial charge in [-0.15, -0.1) is 0 Å². The summed E-state index contributed by atoms with van der Waals surface area (Å²) in [6, 6.07) is 4.45. The lowest BCUT2D eigenvalue weighted by atomic mass is 10.2. The fourth-order valence-corrected chi connectivity index (χ4v) is 3.05. The maximum Gasteiger partial charge on any atom is 0.401 e. The molecule has 1 fully saturated rings. The van der Waals surface area contributed by atoms with Crippen molar-refractivity contribution in [2.24, 2.45) is 4.99 Å². The highest BCUT2D eigenvalue weighted by Gasteiger charge is 2.34. The van der Waals surface area contributed by atoms with E-state index in [-0.39, 0.29) is 30.7 Å². The molecule has 1 saturated heterocycles. The second-order valence-electron chi connectivity index (χ2n) is 6.50. The minimum absolute atomic E-state index is 0.0520. The molecule has 29 heavy (non-hydrogen) atoms. The van der Waals surface area contributed by atoms with Crippen LogP contribution in [-0.4, -0.2) is 63.0 Å². The lowest BCUT2D eigenvalue weighted by molar-refractivity contribution is -0.143. The van der Waals surface area contributed by atoms with Crippen molar-refractivity contribution in [2.45, 2.75) is 38.7 Å². The molecule has 1 aromatic rings. The molecule has 2 N–H and O–H groups in total. The summed E-state index contributed by atoms with van der Waals surface area (Å²) in [6.45, 7) is -0.920. The summed E-state index contributed by atoms with van der Waals surface area (Å²) in [5.74, 6) is 0.590. The zero-order valence-electron chi connectivity index (χ0n) is 16.2. The van der Waals surface area contributed by atoms with Gasteiger partial charge in [0.25, 0.3) is 0 Å². The van der Waals surface area contributed by atoms with E-state index in [9.17, 15) is 22.0 Å². The van der Waals surface area contributed by atoms with Crippen molar-refractivity contribution in [3.63, 3.8) is 0 Å². The monoisotopic (exact) mass is 424 g/mol. The number of nitrogens with zero attached hydrogens (tertiary/aromatic N) is 2. The molecule has 1 aliphatic rings. The number of guanidine groups is 1. The second kappa shape index (κ2) is 10.5. The molecule has 0 aliphatic carbocycles. The third-order valence-electron chi connectivity index (χ3n) is 4.22. The fraction of sp³-hybridized carbons (Fsp3) is 0.611. The maximum atomic E-state index is 12.5. The average Bonchev–Trinajstić information content (AvgIpc) is 3.05. The van der Waals surface area contributed by atoms with Gasteiger partial charge in [-0.1, -0.05) is 6.07 Å². The van der Waals surface area contributed by atoms with Gasteiger partial charge in [0.05, 0.1) is 13.2 Å². The lowest BCUT2D eigenvalue weighted by Crippen LogP contribution is -2.44. The van der Waals surface area contributed by atoms with E-state index < -0.39 is 19.3 Å². The third kappa shape index (κ3) is 7.92. The van der Waals surface area contributed by atoms with Crippen LogP contribution >= 0.6 is 0 Å². The molecule has 1 aliphatic heterocycles. The molecule has 0 aromatic heterocycles. The summed E-state index contributed by atoms with van der Waals surface area (Å²) in [6.07, 6.45) is -3.64. The number of aliphatic imine (C=N–C) groups is 1. The number of benzene rings is 1. The molecule has 0 bridgehead atoms. The van der Waals surface area contributed by atoms with Crippen LogP contribution in [0.15, 0.2) is 23.2 Å². The Morgan fingerprint density at radius 1 is 1.31 bits per heavy atom.